The van der Waals surface area contributed by atoms with Gasteiger partial charge in [-0.25, -0.2) is 0 Å². The average molecular weight is 193 g/mol. The summed E-state index contributed by atoms with van der Waals surface area (Å²) < 4.78 is 0. The smallest absolute Gasteiger partial charge is 0.0425 e. The van der Waals surface area contributed by atoms with Gasteiger partial charge in [-0.05, 0) is 31.1 Å². The lowest BCUT2D eigenvalue weighted by atomic mass is 9.95. The molecule has 0 aromatic heterocycles. The molecule has 0 amide bonds. The van der Waals surface area contributed by atoms with Gasteiger partial charge >= 0.3 is 0 Å². The van der Waals surface area contributed by atoms with Crippen LogP contribution in [0.15, 0.2) is 28.4 Å². The number of aliphatic imine (C=N–C) groups is 1. The summed E-state index contributed by atoms with van der Waals surface area (Å²) in [5.74, 6) is 0. The first-order chi connectivity index (χ1) is 6.40. The number of rotatable bonds is 4. The highest BCUT2D eigenvalue weighted by molar-refractivity contribution is 5.33. The Hall–Kier alpha value is -0.850. The topological polar surface area (TPSA) is 12.4 Å². The number of hydrogen-bond donors (Lipinski definition) is 0. The zero-order valence-corrected chi connectivity index (χ0v) is 10.2. The van der Waals surface area contributed by atoms with Crippen LogP contribution < -0.4 is 0 Å². The van der Waals surface area contributed by atoms with E-state index in [0.717, 1.165) is 18.5 Å². The molecule has 0 unspecified atom stereocenters. The minimum Gasteiger partial charge on any atom is -0.269 e. The summed E-state index contributed by atoms with van der Waals surface area (Å²) in [6, 6.07) is 0. The predicted molar refractivity (Wildman–Crippen MR) is 65.8 cm³/mol. The molecule has 1 heteroatoms. The summed E-state index contributed by atoms with van der Waals surface area (Å²) in [6.45, 7) is 14.4. The summed E-state index contributed by atoms with van der Waals surface area (Å²) in [5, 5.41) is 0. The Balaban J connectivity index is 4.63. The lowest BCUT2D eigenvalue weighted by molar-refractivity contribution is 0.544. The van der Waals surface area contributed by atoms with Crippen LogP contribution >= 0.6 is 0 Å². The van der Waals surface area contributed by atoms with Crippen molar-refractivity contribution in [3.8, 4) is 0 Å². The van der Waals surface area contributed by atoms with Crippen LogP contribution in [-0.4, -0.2) is 6.72 Å². The van der Waals surface area contributed by atoms with Crippen LogP contribution in [0.3, 0.4) is 0 Å². The Morgan fingerprint density at radius 3 is 2.29 bits per heavy atom. The summed E-state index contributed by atoms with van der Waals surface area (Å²) in [4.78, 5) is 4.06. The van der Waals surface area contributed by atoms with Gasteiger partial charge in [0.1, 0.15) is 0 Å². The lowest BCUT2D eigenvalue weighted by Gasteiger charge is -2.11. The van der Waals surface area contributed by atoms with Crippen LogP contribution in [0.2, 0.25) is 0 Å². The molecule has 0 N–H and O–H groups in total. The maximum Gasteiger partial charge on any atom is 0.0425 e. The predicted octanol–water partition coefficient (Wildman–Crippen LogP) is 4.36. The Labute approximate surface area is 88.6 Å². The number of allylic oxidation sites excluding steroid dienone is 4. The molecule has 0 heterocycles. The zero-order chi connectivity index (χ0) is 11.2. The van der Waals surface area contributed by atoms with Crippen molar-refractivity contribution in [1.29, 1.82) is 0 Å². The minimum absolute atomic E-state index is 0.236. The van der Waals surface area contributed by atoms with Crippen LogP contribution in [0.1, 0.15) is 47.5 Å². The molecule has 0 bridgehead atoms. The number of hydrogen-bond acceptors (Lipinski definition) is 1. The molecule has 0 aliphatic carbocycles. The standard InChI is InChI=1S/C13H23N/c1-7-8-12(14-6)11(2)9-10-13(3,4)5/h9-10H,6-8H2,1-5H3/b10-9-,12-11-. The second kappa shape index (κ2) is 5.79. The minimum atomic E-state index is 0.236. The Morgan fingerprint density at radius 2 is 1.93 bits per heavy atom. The normalized spacial score (nSPS) is 14.4. The third-order valence-corrected chi connectivity index (χ3v) is 1.97. The molecule has 0 aromatic carbocycles. The molecule has 80 valence electrons. The van der Waals surface area contributed by atoms with Crippen molar-refractivity contribution in [1.82, 2.24) is 0 Å². The van der Waals surface area contributed by atoms with E-state index in [1.165, 1.54) is 5.57 Å². The van der Waals surface area contributed by atoms with Gasteiger partial charge in [-0.15, -0.1) is 0 Å². The van der Waals surface area contributed by atoms with Gasteiger partial charge in [0.05, 0.1) is 0 Å². The molecule has 0 fully saturated rings. The molecule has 0 saturated heterocycles. The van der Waals surface area contributed by atoms with E-state index in [1.54, 1.807) is 0 Å². The second-order valence-electron chi connectivity index (χ2n) is 4.74. The third kappa shape index (κ3) is 5.74. The molecule has 1 nitrogen and oxygen atoms in total. The van der Waals surface area contributed by atoms with Gasteiger partial charge < -0.3 is 0 Å². The first-order valence-corrected chi connectivity index (χ1v) is 5.26. The van der Waals surface area contributed by atoms with E-state index < -0.39 is 0 Å². The van der Waals surface area contributed by atoms with Crippen LogP contribution in [0.25, 0.3) is 0 Å². The van der Waals surface area contributed by atoms with E-state index >= 15 is 0 Å². The monoisotopic (exact) mass is 193 g/mol. The molecular weight excluding hydrogens is 170 g/mol. The SMILES string of the molecule is C=N/C(CCC)=C(C)\C=C/C(C)(C)C. The van der Waals surface area contributed by atoms with Gasteiger partial charge in [0.15, 0.2) is 0 Å². The van der Waals surface area contributed by atoms with E-state index in [0.29, 0.717) is 0 Å². The van der Waals surface area contributed by atoms with Gasteiger partial charge in [0.2, 0.25) is 0 Å². The van der Waals surface area contributed by atoms with Crippen LogP contribution in [0.5, 0.6) is 0 Å². The molecule has 0 radical (unpaired) electrons. The Morgan fingerprint density at radius 1 is 1.36 bits per heavy atom. The number of nitrogens with zero attached hydrogens (tertiary/aromatic N) is 1. The maximum atomic E-state index is 4.06. The highest BCUT2D eigenvalue weighted by atomic mass is 14.7. The van der Waals surface area contributed by atoms with Crippen LogP contribution in [0, 0.1) is 5.41 Å². The van der Waals surface area contributed by atoms with Crippen LogP contribution in [-0.2, 0) is 0 Å². The van der Waals surface area contributed by atoms with Gasteiger partial charge in [0.25, 0.3) is 0 Å². The van der Waals surface area contributed by atoms with Crippen molar-refractivity contribution in [2.75, 3.05) is 0 Å². The van der Waals surface area contributed by atoms with Crippen molar-refractivity contribution in [2.45, 2.75) is 47.5 Å². The molecular formula is C13H23N. The van der Waals surface area contributed by atoms with Gasteiger partial charge in [0, 0.05) is 5.70 Å². The van der Waals surface area contributed by atoms with Crippen LogP contribution in [0.4, 0.5) is 0 Å². The van der Waals surface area contributed by atoms with E-state index in [2.05, 4.69) is 58.5 Å². The molecule has 0 saturated carbocycles. The summed E-state index contributed by atoms with van der Waals surface area (Å²) in [5.41, 5.74) is 2.59. The van der Waals surface area contributed by atoms with Crippen molar-refractivity contribution >= 4 is 6.72 Å². The average Bonchev–Trinajstić information content (AvgIpc) is 2.09. The Kier molecular flexibility index (Phi) is 5.44. The van der Waals surface area contributed by atoms with Crippen molar-refractivity contribution in [3.05, 3.63) is 23.4 Å². The fraction of sp³-hybridized carbons (Fsp3) is 0.615. The first-order valence-electron chi connectivity index (χ1n) is 5.26. The van der Waals surface area contributed by atoms with E-state index in [-0.39, 0.29) is 5.41 Å². The summed E-state index contributed by atoms with van der Waals surface area (Å²) in [6.07, 6.45) is 6.50. The van der Waals surface area contributed by atoms with Gasteiger partial charge in [-0.2, -0.15) is 0 Å². The molecule has 0 spiro atoms. The lowest BCUT2D eigenvalue weighted by Crippen LogP contribution is -1.98. The molecule has 14 heavy (non-hydrogen) atoms. The largest absolute Gasteiger partial charge is 0.269 e. The Bertz CT molecular complexity index is 238. The zero-order valence-electron chi connectivity index (χ0n) is 10.2. The first kappa shape index (κ1) is 13.2. The molecule has 0 aliphatic heterocycles. The second-order valence-corrected chi connectivity index (χ2v) is 4.74. The molecule has 0 atom stereocenters. The maximum absolute atomic E-state index is 4.06. The van der Waals surface area contributed by atoms with Gasteiger partial charge in [-0.1, -0.05) is 46.3 Å². The third-order valence-electron chi connectivity index (χ3n) is 1.97. The highest BCUT2D eigenvalue weighted by Gasteiger charge is 2.04. The van der Waals surface area contributed by atoms with Crippen molar-refractivity contribution in [3.63, 3.8) is 0 Å². The molecule has 0 aliphatic rings. The molecule has 0 aromatic rings. The van der Waals surface area contributed by atoms with Gasteiger partial charge in [-0.3, -0.25) is 4.99 Å². The molecule has 0 rings (SSSR count). The quantitative estimate of drug-likeness (QED) is 0.464. The van der Waals surface area contributed by atoms with Crippen molar-refractivity contribution < 1.29 is 0 Å². The summed E-state index contributed by atoms with van der Waals surface area (Å²) >= 11 is 0. The fourth-order valence-corrected chi connectivity index (χ4v) is 1.11. The van der Waals surface area contributed by atoms with E-state index in [4.69, 9.17) is 0 Å². The highest BCUT2D eigenvalue weighted by Crippen LogP contribution is 2.18. The van der Waals surface area contributed by atoms with E-state index in [9.17, 15) is 0 Å². The fourth-order valence-electron chi connectivity index (χ4n) is 1.11. The summed E-state index contributed by atoms with van der Waals surface area (Å²) in [7, 11) is 0. The van der Waals surface area contributed by atoms with Crippen molar-refractivity contribution in [2.24, 2.45) is 10.4 Å². The van der Waals surface area contributed by atoms with E-state index in [1.807, 2.05) is 0 Å².